The minimum Gasteiger partial charge on any atom is -0.368 e. The number of nitrogens with zero attached hydrogens (tertiary/aromatic N) is 4. The van der Waals surface area contributed by atoms with Crippen molar-refractivity contribution >= 4 is 11.6 Å². The minimum atomic E-state index is 0.346. The lowest BCUT2D eigenvalue weighted by Crippen LogP contribution is -2.05. The third kappa shape index (κ3) is 0.426. The number of aromatic nitrogens is 4. The van der Waals surface area contributed by atoms with E-state index in [2.05, 4.69) is 10.1 Å². The van der Waals surface area contributed by atoms with Crippen LogP contribution in [0.4, 0.5) is 5.95 Å². The predicted octanol–water partition coefficient (Wildman–Crippen LogP) is -1.17. The molecule has 0 saturated carbocycles. The van der Waals surface area contributed by atoms with E-state index in [0.29, 0.717) is 11.6 Å². The van der Waals surface area contributed by atoms with Crippen molar-refractivity contribution in [1.82, 2.24) is 19.3 Å². The fraction of sp³-hybridized carbons (Fsp3) is 0. The minimum absolute atomic E-state index is 0.346. The largest absolute Gasteiger partial charge is 0.368 e. The maximum absolute atomic E-state index is 5.43. The van der Waals surface area contributed by atoms with E-state index in [4.69, 9.17) is 11.6 Å². The van der Waals surface area contributed by atoms with E-state index >= 15 is 0 Å². The summed E-state index contributed by atoms with van der Waals surface area (Å²) in [5.74, 6) is 5.77. The summed E-state index contributed by atoms with van der Waals surface area (Å²) < 4.78 is 2.81. The number of nitrogens with two attached hydrogens (primary N) is 2. The number of hydrogen-bond acceptors (Lipinski definition) is 4. The second-order valence-electron chi connectivity index (χ2n) is 1.92. The van der Waals surface area contributed by atoms with Crippen LogP contribution in [0.15, 0.2) is 12.5 Å². The molecule has 6 heteroatoms. The van der Waals surface area contributed by atoms with Gasteiger partial charge in [0.05, 0.1) is 6.20 Å². The summed E-state index contributed by atoms with van der Waals surface area (Å²) in [5.41, 5.74) is 6.09. The summed E-state index contributed by atoms with van der Waals surface area (Å²) in [4.78, 5) is 3.79. The van der Waals surface area contributed by atoms with Crippen molar-refractivity contribution in [2.24, 2.45) is 0 Å². The first-order valence-electron chi connectivity index (χ1n) is 2.70. The van der Waals surface area contributed by atoms with Crippen molar-refractivity contribution in [2.45, 2.75) is 0 Å². The maximum atomic E-state index is 5.43. The average Bonchev–Trinajstić information content (AvgIpc) is 2.41. The van der Waals surface area contributed by atoms with E-state index in [1.54, 1.807) is 6.20 Å². The molecular weight excluding hydrogens is 132 g/mol. The molecule has 0 unspecified atom stereocenters. The lowest BCUT2D eigenvalue weighted by Gasteiger charge is -1.84. The quantitative estimate of drug-likeness (QED) is 0.449. The van der Waals surface area contributed by atoms with Gasteiger partial charge in [-0.15, -0.1) is 0 Å². The van der Waals surface area contributed by atoms with Gasteiger partial charge >= 0.3 is 0 Å². The smallest absolute Gasteiger partial charge is 0.223 e. The zero-order chi connectivity index (χ0) is 7.14. The molecule has 0 amide bonds. The van der Waals surface area contributed by atoms with E-state index in [0.717, 1.165) is 0 Å². The molecule has 0 atom stereocenters. The van der Waals surface area contributed by atoms with Crippen molar-refractivity contribution in [3.63, 3.8) is 0 Å². The molecule has 2 aromatic heterocycles. The Hall–Kier alpha value is -1.72. The third-order valence-electron chi connectivity index (χ3n) is 1.30. The Bertz CT molecular complexity index is 321. The molecule has 0 spiro atoms. The molecular formula is C4H6N6. The highest BCUT2D eigenvalue weighted by atomic mass is 15.5. The summed E-state index contributed by atoms with van der Waals surface area (Å²) in [7, 11) is 0. The predicted molar refractivity (Wildman–Crippen MR) is 35.5 cm³/mol. The Labute approximate surface area is 56.0 Å². The number of anilines is 1. The van der Waals surface area contributed by atoms with Gasteiger partial charge in [-0.3, -0.25) is 0 Å². The van der Waals surface area contributed by atoms with E-state index in [9.17, 15) is 0 Å². The highest BCUT2D eigenvalue weighted by Crippen LogP contribution is 2.02. The number of hydrogen-bond donors (Lipinski definition) is 2. The molecule has 4 N–H and O–H groups in total. The zero-order valence-electron chi connectivity index (χ0n) is 5.10. The van der Waals surface area contributed by atoms with E-state index in [1.807, 2.05) is 0 Å². The maximum Gasteiger partial charge on any atom is 0.223 e. The number of fused-ring (bicyclic) bond motifs is 1. The van der Waals surface area contributed by atoms with Crippen LogP contribution in [0, 0.1) is 0 Å². The molecule has 0 aliphatic carbocycles. The van der Waals surface area contributed by atoms with Crippen LogP contribution in [0.2, 0.25) is 0 Å². The van der Waals surface area contributed by atoms with Gasteiger partial charge in [0.25, 0.3) is 0 Å². The monoisotopic (exact) mass is 138 g/mol. The molecule has 2 rings (SSSR count). The Morgan fingerprint density at radius 3 is 3.00 bits per heavy atom. The van der Waals surface area contributed by atoms with Crippen LogP contribution in [0.5, 0.6) is 0 Å². The first-order chi connectivity index (χ1) is 4.79. The first-order valence-corrected chi connectivity index (χ1v) is 2.70. The van der Waals surface area contributed by atoms with Crippen molar-refractivity contribution in [2.75, 3.05) is 11.6 Å². The Balaban J connectivity index is 2.95. The van der Waals surface area contributed by atoms with Gasteiger partial charge in [-0.1, -0.05) is 0 Å². The van der Waals surface area contributed by atoms with Crippen LogP contribution < -0.4 is 11.6 Å². The Morgan fingerprint density at radius 1 is 1.50 bits per heavy atom. The number of imidazole rings is 1. The van der Waals surface area contributed by atoms with Gasteiger partial charge in [0.15, 0.2) is 5.65 Å². The Kier molecular flexibility index (Phi) is 0.717. The summed E-state index contributed by atoms with van der Waals surface area (Å²) in [6.07, 6.45) is 3.02. The van der Waals surface area contributed by atoms with E-state index in [1.165, 1.54) is 15.5 Å². The summed E-state index contributed by atoms with van der Waals surface area (Å²) in [5, 5.41) is 3.84. The third-order valence-corrected chi connectivity index (χ3v) is 1.30. The average molecular weight is 138 g/mol. The van der Waals surface area contributed by atoms with Gasteiger partial charge in [0.2, 0.25) is 5.95 Å². The van der Waals surface area contributed by atoms with Crippen molar-refractivity contribution in [3.05, 3.63) is 12.5 Å². The van der Waals surface area contributed by atoms with Crippen LogP contribution >= 0.6 is 0 Å². The SMILES string of the molecule is Nc1ncc2n(N)cnn12. The summed E-state index contributed by atoms with van der Waals surface area (Å²) in [6, 6.07) is 0. The van der Waals surface area contributed by atoms with Crippen LogP contribution in [0.1, 0.15) is 0 Å². The number of rotatable bonds is 0. The van der Waals surface area contributed by atoms with Crippen LogP contribution in [0.25, 0.3) is 5.65 Å². The Morgan fingerprint density at radius 2 is 2.30 bits per heavy atom. The van der Waals surface area contributed by atoms with E-state index in [-0.39, 0.29) is 0 Å². The molecule has 0 fully saturated rings. The number of nitrogen functional groups attached to an aromatic ring is 2. The van der Waals surface area contributed by atoms with Crippen molar-refractivity contribution < 1.29 is 0 Å². The molecule has 0 radical (unpaired) electrons. The highest BCUT2D eigenvalue weighted by Gasteiger charge is 2.02. The lowest BCUT2D eigenvalue weighted by molar-refractivity contribution is 0.965. The van der Waals surface area contributed by atoms with E-state index < -0.39 is 0 Å². The van der Waals surface area contributed by atoms with Gasteiger partial charge in [0.1, 0.15) is 6.33 Å². The second-order valence-corrected chi connectivity index (χ2v) is 1.92. The fourth-order valence-corrected chi connectivity index (χ4v) is 0.811. The molecule has 2 aromatic rings. The summed E-state index contributed by atoms with van der Waals surface area (Å²) >= 11 is 0. The second kappa shape index (κ2) is 1.41. The molecule has 0 saturated heterocycles. The van der Waals surface area contributed by atoms with Crippen LogP contribution in [-0.4, -0.2) is 19.3 Å². The van der Waals surface area contributed by atoms with Crippen molar-refractivity contribution in [3.8, 4) is 0 Å². The van der Waals surface area contributed by atoms with Crippen LogP contribution in [0.3, 0.4) is 0 Å². The summed E-state index contributed by atoms with van der Waals surface area (Å²) in [6.45, 7) is 0. The fourth-order valence-electron chi connectivity index (χ4n) is 0.811. The molecule has 0 aliphatic heterocycles. The van der Waals surface area contributed by atoms with Crippen molar-refractivity contribution in [1.29, 1.82) is 0 Å². The van der Waals surface area contributed by atoms with Gasteiger partial charge < -0.3 is 11.6 Å². The van der Waals surface area contributed by atoms with Crippen LogP contribution in [-0.2, 0) is 0 Å². The van der Waals surface area contributed by atoms with Gasteiger partial charge in [-0.05, 0) is 0 Å². The topological polar surface area (TPSA) is 87.2 Å². The molecule has 0 aliphatic rings. The molecule has 0 aromatic carbocycles. The first kappa shape index (κ1) is 5.10. The molecule has 2 heterocycles. The van der Waals surface area contributed by atoms with Gasteiger partial charge in [0, 0.05) is 0 Å². The highest BCUT2D eigenvalue weighted by molar-refractivity contribution is 5.42. The molecule has 10 heavy (non-hydrogen) atoms. The standard InChI is InChI=1S/C4H6N6/c5-4-7-1-3-9(6)2-8-10(3)4/h1-2H,6H2,(H2,5,7). The normalized spacial score (nSPS) is 10.8. The molecule has 52 valence electrons. The van der Waals surface area contributed by atoms with Gasteiger partial charge in [-0.25, -0.2) is 9.66 Å². The van der Waals surface area contributed by atoms with Gasteiger partial charge in [-0.2, -0.15) is 9.61 Å². The molecule has 0 bridgehead atoms. The molecule has 6 nitrogen and oxygen atoms in total. The zero-order valence-corrected chi connectivity index (χ0v) is 5.10. The lowest BCUT2D eigenvalue weighted by atomic mass is 10.8.